The van der Waals surface area contributed by atoms with Gasteiger partial charge in [0.05, 0.1) is 18.8 Å². The number of hydrogen-bond acceptors (Lipinski definition) is 7. The van der Waals surface area contributed by atoms with E-state index in [9.17, 15) is 15.1 Å². The van der Waals surface area contributed by atoms with E-state index in [0.29, 0.717) is 16.5 Å². The summed E-state index contributed by atoms with van der Waals surface area (Å²) in [5.41, 5.74) is 3.06. The fraction of sp³-hybridized carbons (Fsp3) is 0.286. The lowest BCUT2D eigenvalue weighted by molar-refractivity contribution is -0.645. The van der Waals surface area contributed by atoms with Crippen LogP contribution in [0, 0.1) is 11.1 Å². The Hall–Kier alpha value is -3.37. The van der Waals surface area contributed by atoms with Crippen LogP contribution in [0.15, 0.2) is 90.6 Å². The molecule has 9 heteroatoms. The van der Waals surface area contributed by atoms with Crippen molar-refractivity contribution in [1.29, 1.82) is 0 Å². The van der Waals surface area contributed by atoms with Crippen molar-refractivity contribution in [3.8, 4) is 0 Å². The van der Waals surface area contributed by atoms with Gasteiger partial charge in [-0.1, -0.05) is 67.7 Å². The molecule has 1 aromatic heterocycles. The molecule has 0 bridgehead atoms. The minimum absolute atomic E-state index is 0.0253. The van der Waals surface area contributed by atoms with Crippen LogP contribution in [0.1, 0.15) is 36.0 Å². The molecule has 0 radical (unpaired) electrons. The van der Waals surface area contributed by atoms with Gasteiger partial charge in [0.1, 0.15) is 6.61 Å². The van der Waals surface area contributed by atoms with Crippen LogP contribution in [0.5, 0.6) is 0 Å². The zero-order chi connectivity index (χ0) is 26.2. The first-order chi connectivity index (χ1) is 18.0. The minimum Gasteiger partial charge on any atom is -0.618 e. The summed E-state index contributed by atoms with van der Waals surface area (Å²) in [6, 6.07) is 20.2. The number of benzene rings is 2. The Balaban J connectivity index is 1.57. The normalized spacial score (nSPS) is 21.2. The molecule has 1 fully saturated rings. The summed E-state index contributed by atoms with van der Waals surface area (Å²) in [4.78, 5) is 12.0. The Labute approximate surface area is 220 Å². The van der Waals surface area contributed by atoms with Crippen LogP contribution < -0.4 is 10.0 Å². The van der Waals surface area contributed by atoms with E-state index < -0.39 is 12.4 Å². The average Bonchev–Trinajstić information content (AvgIpc) is 2.92. The number of ether oxygens (including phenoxy) is 3. The van der Waals surface area contributed by atoms with Gasteiger partial charge in [0.15, 0.2) is 12.5 Å². The maximum Gasteiger partial charge on any atom is 0.411 e. The molecule has 1 aliphatic rings. The molecule has 2 heterocycles. The second kappa shape index (κ2) is 12.7. The lowest BCUT2D eigenvalue weighted by atomic mass is 9.91. The van der Waals surface area contributed by atoms with Gasteiger partial charge >= 0.3 is 6.09 Å². The van der Waals surface area contributed by atoms with Crippen molar-refractivity contribution in [2.24, 2.45) is 5.92 Å². The maximum atomic E-state index is 12.2. The number of thioether (sulfide) groups is 1. The zero-order valence-corrected chi connectivity index (χ0v) is 21.3. The highest BCUT2D eigenvalue weighted by Crippen LogP contribution is 2.43. The summed E-state index contributed by atoms with van der Waals surface area (Å²) in [6.07, 6.45) is 1.16. The third-order valence-electron chi connectivity index (χ3n) is 6.04. The van der Waals surface area contributed by atoms with Crippen LogP contribution in [0.4, 0.5) is 10.5 Å². The summed E-state index contributed by atoms with van der Waals surface area (Å²) < 4.78 is 18.7. The molecule has 1 amide bonds. The van der Waals surface area contributed by atoms with Crippen molar-refractivity contribution in [1.82, 2.24) is 0 Å². The largest absolute Gasteiger partial charge is 0.618 e. The van der Waals surface area contributed by atoms with Gasteiger partial charge in [0.2, 0.25) is 0 Å². The Morgan fingerprint density at radius 3 is 2.70 bits per heavy atom. The predicted octanol–water partition coefficient (Wildman–Crippen LogP) is 5.13. The molecule has 0 aliphatic carbocycles. The lowest BCUT2D eigenvalue weighted by Crippen LogP contribution is -2.39. The van der Waals surface area contributed by atoms with Crippen LogP contribution in [-0.4, -0.2) is 29.7 Å². The van der Waals surface area contributed by atoms with Crippen molar-refractivity contribution < 1.29 is 28.8 Å². The number of carbonyl (C=O) groups is 1. The van der Waals surface area contributed by atoms with Gasteiger partial charge in [-0.05, 0) is 29.3 Å². The van der Waals surface area contributed by atoms with E-state index in [-0.39, 0.29) is 31.3 Å². The molecular weight excluding hydrogens is 492 g/mol. The highest BCUT2D eigenvalue weighted by Gasteiger charge is 2.38. The number of aliphatic hydroxyl groups is 1. The van der Waals surface area contributed by atoms with Crippen LogP contribution >= 0.6 is 11.8 Å². The second-order valence-corrected chi connectivity index (χ2v) is 9.68. The monoisotopic (exact) mass is 522 g/mol. The molecule has 194 valence electrons. The molecule has 8 nitrogen and oxygen atoms in total. The van der Waals surface area contributed by atoms with Crippen molar-refractivity contribution in [3.63, 3.8) is 0 Å². The summed E-state index contributed by atoms with van der Waals surface area (Å²) >= 11 is 1.43. The van der Waals surface area contributed by atoms with E-state index in [0.717, 1.165) is 21.4 Å². The van der Waals surface area contributed by atoms with E-state index in [4.69, 9.17) is 14.2 Å². The van der Waals surface area contributed by atoms with Crippen LogP contribution in [-0.2, 0) is 20.8 Å². The van der Waals surface area contributed by atoms with Crippen molar-refractivity contribution >= 4 is 23.5 Å². The Morgan fingerprint density at radius 1 is 1.16 bits per heavy atom. The molecule has 1 aliphatic heterocycles. The molecule has 4 atom stereocenters. The molecule has 37 heavy (non-hydrogen) atoms. The Bertz CT molecular complexity index is 1210. The molecule has 4 rings (SSSR count). The average molecular weight is 523 g/mol. The molecule has 4 unspecified atom stereocenters. The number of aliphatic hydroxyl groups excluding tert-OH is 1. The number of hydrogen-bond donors (Lipinski definition) is 2. The summed E-state index contributed by atoms with van der Waals surface area (Å²) in [5, 5.41) is 24.9. The van der Waals surface area contributed by atoms with Gasteiger partial charge in [0, 0.05) is 35.1 Å². The highest BCUT2D eigenvalue weighted by molar-refractivity contribution is 7.99. The van der Waals surface area contributed by atoms with Crippen molar-refractivity contribution in [3.05, 3.63) is 107 Å². The molecule has 0 spiro atoms. The zero-order valence-electron chi connectivity index (χ0n) is 20.5. The molecule has 1 saturated heterocycles. The number of rotatable bonds is 9. The van der Waals surface area contributed by atoms with Gasteiger partial charge in [-0.3, -0.25) is 5.32 Å². The van der Waals surface area contributed by atoms with E-state index in [1.54, 1.807) is 24.3 Å². The number of pyridine rings is 1. The number of amides is 1. The maximum absolute atomic E-state index is 12.2. The van der Waals surface area contributed by atoms with E-state index in [2.05, 4.69) is 18.8 Å². The van der Waals surface area contributed by atoms with E-state index >= 15 is 0 Å². The van der Waals surface area contributed by atoms with E-state index in [1.165, 1.54) is 24.0 Å². The van der Waals surface area contributed by atoms with Crippen molar-refractivity contribution in [2.45, 2.75) is 37.1 Å². The van der Waals surface area contributed by atoms with Gasteiger partial charge in [-0.2, -0.15) is 4.73 Å². The van der Waals surface area contributed by atoms with Gasteiger partial charge in [0.25, 0.3) is 5.03 Å². The summed E-state index contributed by atoms with van der Waals surface area (Å²) in [5.74, 6) is 0.521. The number of nitrogens with one attached hydrogen (secondary N) is 1. The van der Waals surface area contributed by atoms with Gasteiger partial charge in [-0.15, -0.1) is 0 Å². The smallest absolute Gasteiger partial charge is 0.411 e. The van der Waals surface area contributed by atoms with E-state index in [1.807, 2.05) is 42.5 Å². The molecule has 2 N–H and O–H groups in total. The molecular formula is C28H30N2O6S. The fourth-order valence-electron chi connectivity index (χ4n) is 4.05. The standard InChI is InChI=1S/C28H30N2O6S/c1-3-15-34-28(32)29-23-8-6-7-22(16-23)27-35-24(18-37-25-9-4-5-14-30(25)33)19(2)26(36-27)21-12-10-20(17-31)11-13-21/h3-14,16,19,24,26-27,31H,1,15,17-18H2,2H3,(H,29,32). The van der Waals surface area contributed by atoms with Gasteiger partial charge < -0.3 is 24.5 Å². The summed E-state index contributed by atoms with van der Waals surface area (Å²) in [6.45, 7) is 5.68. The SMILES string of the molecule is C=CCOC(=O)Nc1cccc(C2OC(CSc3cccc[n+]3[O-])C(C)C(c3ccc(CO)cc3)O2)c1. The highest BCUT2D eigenvalue weighted by atomic mass is 32.2. The quantitative estimate of drug-likeness (QED) is 0.174. The first-order valence-corrected chi connectivity index (χ1v) is 12.9. The van der Waals surface area contributed by atoms with Gasteiger partial charge in [-0.25, -0.2) is 4.79 Å². The minimum atomic E-state index is -0.703. The Kier molecular flexibility index (Phi) is 9.19. The number of anilines is 1. The lowest BCUT2D eigenvalue weighted by Gasteiger charge is -2.41. The topological polar surface area (TPSA) is 104 Å². The number of carbonyl (C=O) groups excluding carboxylic acids is 1. The molecule has 3 aromatic rings. The fourth-order valence-corrected chi connectivity index (χ4v) is 5.13. The van der Waals surface area contributed by atoms with Crippen LogP contribution in [0.3, 0.4) is 0 Å². The first kappa shape index (κ1) is 26.7. The number of nitrogens with zero attached hydrogens (tertiary/aromatic N) is 1. The van der Waals surface area contributed by atoms with Crippen LogP contribution in [0.2, 0.25) is 0 Å². The Morgan fingerprint density at radius 2 is 1.97 bits per heavy atom. The third-order valence-corrected chi connectivity index (χ3v) is 7.15. The molecule has 2 aromatic carbocycles. The summed E-state index contributed by atoms with van der Waals surface area (Å²) in [7, 11) is 0. The van der Waals surface area contributed by atoms with Crippen molar-refractivity contribution in [2.75, 3.05) is 17.7 Å². The first-order valence-electron chi connectivity index (χ1n) is 11.9. The van der Waals surface area contributed by atoms with Crippen LogP contribution in [0.25, 0.3) is 0 Å². The number of aromatic nitrogens is 1. The second-order valence-electron chi connectivity index (χ2n) is 8.64. The third kappa shape index (κ3) is 6.90. The predicted molar refractivity (Wildman–Crippen MR) is 141 cm³/mol. The molecule has 0 saturated carbocycles.